The fraction of sp³-hybridized carbons (Fsp3) is 0. The molecular formula is C41H24N2. The van der Waals surface area contributed by atoms with Crippen LogP contribution in [0.15, 0.2) is 146 Å². The zero-order valence-corrected chi connectivity index (χ0v) is 23.3. The third kappa shape index (κ3) is 3.10. The molecular weight excluding hydrogens is 520 g/mol. The van der Waals surface area contributed by atoms with E-state index < -0.39 is 0 Å². The summed E-state index contributed by atoms with van der Waals surface area (Å²) in [7, 11) is 0. The Balaban J connectivity index is 1.48. The highest BCUT2D eigenvalue weighted by Crippen LogP contribution is 2.44. The Morgan fingerprint density at radius 2 is 0.930 bits per heavy atom. The van der Waals surface area contributed by atoms with Crippen molar-refractivity contribution in [2.24, 2.45) is 0 Å². The molecule has 0 fully saturated rings. The molecule has 0 bridgehead atoms. The molecule has 0 amide bonds. The molecule has 1 heterocycles. The first kappa shape index (κ1) is 22.9. The first-order valence-electron chi connectivity index (χ1n) is 14.8. The van der Waals surface area contributed by atoms with E-state index in [2.05, 4.69) is 150 Å². The topological polar surface area (TPSA) is 17.8 Å². The minimum absolute atomic E-state index is 0.950. The lowest BCUT2D eigenvalue weighted by atomic mass is 9.87. The number of imidazole rings is 1. The first-order chi connectivity index (χ1) is 21.3. The summed E-state index contributed by atoms with van der Waals surface area (Å²) < 4.78 is 2.34. The molecule has 10 aromatic rings. The average Bonchev–Trinajstić information content (AvgIpc) is 3.46. The van der Waals surface area contributed by atoms with Crippen LogP contribution < -0.4 is 0 Å². The van der Waals surface area contributed by atoms with E-state index in [1.165, 1.54) is 64.6 Å². The lowest BCUT2D eigenvalue weighted by Gasteiger charge is -2.18. The Hall–Kier alpha value is -5.73. The number of benzene rings is 8. The van der Waals surface area contributed by atoms with Crippen LogP contribution >= 0.6 is 0 Å². The van der Waals surface area contributed by atoms with Crippen molar-refractivity contribution in [1.29, 1.82) is 0 Å². The largest absolute Gasteiger partial charge is 0.292 e. The van der Waals surface area contributed by atoms with E-state index in [1.54, 1.807) is 0 Å². The Bertz CT molecular complexity index is 2710. The minimum Gasteiger partial charge on any atom is -0.292 e. The van der Waals surface area contributed by atoms with Gasteiger partial charge in [-0.25, -0.2) is 4.98 Å². The van der Waals surface area contributed by atoms with Crippen molar-refractivity contribution < 1.29 is 0 Å². The van der Waals surface area contributed by atoms with Crippen LogP contribution in [0.4, 0.5) is 0 Å². The van der Waals surface area contributed by atoms with Gasteiger partial charge < -0.3 is 0 Å². The summed E-state index contributed by atoms with van der Waals surface area (Å²) in [5, 5.41) is 15.4. The van der Waals surface area contributed by atoms with Gasteiger partial charge in [-0.2, -0.15) is 0 Å². The van der Waals surface area contributed by atoms with E-state index in [0.29, 0.717) is 0 Å². The second-order valence-corrected chi connectivity index (χ2v) is 11.6. The fourth-order valence-electron chi connectivity index (χ4n) is 7.47. The van der Waals surface area contributed by atoms with Gasteiger partial charge in [0.25, 0.3) is 0 Å². The van der Waals surface area contributed by atoms with E-state index in [1.807, 2.05) is 0 Å². The van der Waals surface area contributed by atoms with Crippen molar-refractivity contribution in [2.75, 3.05) is 0 Å². The van der Waals surface area contributed by atoms with Gasteiger partial charge in [0.05, 0.1) is 11.0 Å². The van der Waals surface area contributed by atoms with Crippen molar-refractivity contribution in [1.82, 2.24) is 9.55 Å². The number of para-hydroxylation sites is 2. The number of hydrogen-bond donors (Lipinski definition) is 0. The maximum Gasteiger partial charge on any atom is 0.145 e. The van der Waals surface area contributed by atoms with Crippen LogP contribution in [0.1, 0.15) is 0 Å². The van der Waals surface area contributed by atoms with Crippen LogP contribution in [0.3, 0.4) is 0 Å². The summed E-state index contributed by atoms with van der Waals surface area (Å²) in [4.78, 5) is 5.15. The SMILES string of the molecule is c1ccc(-c2nc3ccccc3n2-c2cc3ccc4cccc5c6cccc7ccc8cccc(c(c2)c3c45)c8c76)cc1. The summed E-state index contributed by atoms with van der Waals surface area (Å²) in [6.45, 7) is 0. The van der Waals surface area contributed by atoms with E-state index in [4.69, 9.17) is 4.98 Å². The van der Waals surface area contributed by atoms with Gasteiger partial charge in [0.1, 0.15) is 5.82 Å². The third-order valence-electron chi connectivity index (χ3n) is 9.26. The molecule has 198 valence electrons. The van der Waals surface area contributed by atoms with Gasteiger partial charge in [-0.3, -0.25) is 4.57 Å². The van der Waals surface area contributed by atoms with Gasteiger partial charge in [-0.05, 0) is 88.9 Å². The normalized spacial score (nSPS) is 12.2. The number of aromatic nitrogens is 2. The Labute approximate surface area is 247 Å². The van der Waals surface area contributed by atoms with Gasteiger partial charge in [0, 0.05) is 11.3 Å². The summed E-state index contributed by atoms with van der Waals surface area (Å²) in [5.74, 6) is 0.950. The average molecular weight is 545 g/mol. The smallest absolute Gasteiger partial charge is 0.145 e. The summed E-state index contributed by atoms with van der Waals surface area (Å²) in [6.07, 6.45) is 0. The predicted octanol–water partition coefficient (Wildman–Crippen LogP) is 11.0. The Morgan fingerprint density at radius 3 is 1.58 bits per heavy atom. The number of hydrogen-bond acceptors (Lipinski definition) is 1. The number of fused-ring (bicyclic) bond motifs is 3. The molecule has 0 aliphatic rings. The number of rotatable bonds is 2. The van der Waals surface area contributed by atoms with Crippen LogP contribution in [0, 0.1) is 0 Å². The van der Waals surface area contributed by atoms with Crippen molar-refractivity contribution in [2.45, 2.75) is 0 Å². The quantitative estimate of drug-likeness (QED) is 0.198. The van der Waals surface area contributed by atoms with Crippen molar-refractivity contribution >= 4 is 75.7 Å². The van der Waals surface area contributed by atoms with Crippen LogP contribution in [-0.4, -0.2) is 9.55 Å². The molecule has 2 nitrogen and oxygen atoms in total. The molecule has 0 N–H and O–H groups in total. The Morgan fingerprint density at radius 1 is 0.395 bits per heavy atom. The van der Waals surface area contributed by atoms with Gasteiger partial charge in [0.2, 0.25) is 0 Å². The molecule has 10 rings (SSSR count). The maximum absolute atomic E-state index is 5.15. The molecule has 0 unspecified atom stereocenters. The van der Waals surface area contributed by atoms with Crippen LogP contribution in [0.2, 0.25) is 0 Å². The highest BCUT2D eigenvalue weighted by atomic mass is 15.1. The predicted molar refractivity (Wildman–Crippen MR) is 183 cm³/mol. The van der Waals surface area contributed by atoms with Gasteiger partial charge in [0.15, 0.2) is 0 Å². The lowest BCUT2D eigenvalue weighted by Crippen LogP contribution is -1.98. The molecule has 0 aliphatic carbocycles. The van der Waals surface area contributed by atoms with Crippen LogP contribution in [0.5, 0.6) is 0 Å². The van der Waals surface area contributed by atoms with Crippen molar-refractivity contribution in [3.8, 4) is 17.1 Å². The maximum atomic E-state index is 5.15. The molecule has 0 aliphatic heterocycles. The second kappa shape index (κ2) is 8.40. The highest BCUT2D eigenvalue weighted by molar-refractivity contribution is 6.37. The van der Waals surface area contributed by atoms with Crippen LogP contribution in [-0.2, 0) is 0 Å². The first-order valence-corrected chi connectivity index (χ1v) is 14.8. The molecule has 0 spiro atoms. The molecule has 0 atom stereocenters. The summed E-state index contributed by atoms with van der Waals surface area (Å²) in [5.41, 5.74) is 4.31. The van der Waals surface area contributed by atoms with Crippen LogP contribution in [0.25, 0.3) is 92.7 Å². The second-order valence-electron chi connectivity index (χ2n) is 11.6. The van der Waals surface area contributed by atoms with Crippen molar-refractivity contribution in [3.63, 3.8) is 0 Å². The third-order valence-corrected chi connectivity index (χ3v) is 9.26. The van der Waals surface area contributed by atoms with Crippen molar-refractivity contribution in [3.05, 3.63) is 146 Å². The fourth-order valence-corrected chi connectivity index (χ4v) is 7.47. The molecule has 1 aromatic heterocycles. The molecule has 0 radical (unpaired) electrons. The molecule has 0 saturated carbocycles. The Kier molecular flexibility index (Phi) is 4.48. The molecule has 2 heteroatoms. The van der Waals surface area contributed by atoms with E-state index in [0.717, 1.165) is 28.1 Å². The molecule has 0 saturated heterocycles. The van der Waals surface area contributed by atoms with Gasteiger partial charge >= 0.3 is 0 Å². The zero-order chi connectivity index (χ0) is 28.1. The van der Waals surface area contributed by atoms with E-state index >= 15 is 0 Å². The number of nitrogens with zero attached hydrogens (tertiary/aromatic N) is 2. The molecule has 43 heavy (non-hydrogen) atoms. The molecule has 9 aromatic carbocycles. The van der Waals surface area contributed by atoms with E-state index in [-0.39, 0.29) is 0 Å². The summed E-state index contributed by atoms with van der Waals surface area (Å²) >= 11 is 0. The van der Waals surface area contributed by atoms with Gasteiger partial charge in [-0.15, -0.1) is 0 Å². The lowest BCUT2D eigenvalue weighted by molar-refractivity contribution is 1.11. The standard InChI is InChI=1S/C41H24N2/c1-2-9-28(10-3-1)41-42-35-17-4-5-18-36(35)43(41)30-23-29-22-21-27-12-7-15-32-31-14-6-11-25-19-20-26-13-8-16-33(39(26)37(25)31)34(24-30)40(29)38(27)32/h1-24H. The highest BCUT2D eigenvalue weighted by Gasteiger charge is 2.19. The van der Waals surface area contributed by atoms with E-state index in [9.17, 15) is 0 Å². The monoisotopic (exact) mass is 544 g/mol. The minimum atomic E-state index is 0.950. The zero-order valence-electron chi connectivity index (χ0n) is 23.3. The van der Waals surface area contributed by atoms with Gasteiger partial charge in [-0.1, -0.05) is 121 Å². The summed E-state index contributed by atoms with van der Waals surface area (Å²) in [6, 6.07) is 53.2.